The zero-order valence-corrected chi connectivity index (χ0v) is 36.4. The van der Waals surface area contributed by atoms with Crippen LogP contribution in [0.1, 0.15) is 110 Å². The first-order valence-corrected chi connectivity index (χ1v) is 24.2. The average molecular weight is 846 g/mol. The lowest BCUT2D eigenvalue weighted by atomic mass is 10.0. The number of rotatable bonds is 19. The van der Waals surface area contributed by atoms with Gasteiger partial charge in [-0.2, -0.15) is 17.1 Å². The summed E-state index contributed by atoms with van der Waals surface area (Å²) in [5, 5.41) is 3.00. The van der Waals surface area contributed by atoms with Crippen LogP contribution in [0, 0.1) is 0 Å². The highest BCUT2D eigenvalue weighted by Crippen LogP contribution is 2.37. The van der Waals surface area contributed by atoms with Crippen LogP contribution >= 0.6 is 0 Å². The van der Waals surface area contributed by atoms with E-state index in [1.54, 1.807) is 0 Å². The first kappa shape index (κ1) is 41.5. The monoisotopic (exact) mass is 845 g/mol. The number of hydrogen-bond donors (Lipinski definition) is 2. The fraction of sp³-hybridized carbons (Fsp3) is 0.360. The van der Waals surface area contributed by atoms with E-state index in [0.717, 1.165) is 52.3 Å². The van der Waals surface area contributed by atoms with Crippen LogP contribution in [0.5, 0.6) is 0 Å². The van der Waals surface area contributed by atoms with E-state index in [1.165, 1.54) is 87.4 Å². The van der Waals surface area contributed by atoms with Crippen molar-refractivity contribution in [2.45, 2.75) is 110 Å². The molecule has 0 radical (unpaired) electrons. The molecule has 3 aromatic heterocycles. The molecular weight excluding hydrogens is 791 g/mol. The molecule has 318 valence electrons. The number of nitrogens with zero attached hydrogens (tertiary/aromatic N) is 7. The number of aromatic amines is 1. The molecule has 4 aromatic carbocycles. The summed E-state index contributed by atoms with van der Waals surface area (Å²) < 4.78 is 33.7. The second kappa shape index (κ2) is 19.0. The number of nitrogens with one attached hydrogen (secondary N) is 2. The first-order chi connectivity index (χ1) is 30.5. The summed E-state index contributed by atoms with van der Waals surface area (Å²) in [5.41, 5.74) is 4.67. The molecule has 8 bridgehead atoms. The zero-order valence-electron chi connectivity index (χ0n) is 35.6. The summed E-state index contributed by atoms with van der Waals surface area (Å²) >= 11 is 0. The van der Waals surface area contributed by atoms with Gasteiger partial charge in [0.05, 0.1) is 0 Å². The fourth-order valence-corrected chi connectivity index (χ4v) is 10.1. The molecule has 0 unspecified atom stereocenters. The molecule has 2 aliphatic rings. The topological polar surface area (TPSA) is 144 Å². The van der Waals surface area contributed by atoms with Gasteiger partial charge in [-0.15, -0.1) is 0 Å². The summed E-state index contributed by atoms with van der Waals surface area (Å²) in [6, 6.07) is 31.0. The van der Waals surface area contributed by atoms with E-state index < -0.39 is 10.2 Å². The van der Waals surface area contributed by atoms with E-state index >= 15 is 0 Å². The normalized spacial score (nSPS) is 12.3. The molecule has 62 heavy (non-hydrogen) atoms. The molecule has 12 heteroatoms. The molecular formula is C50H55N9O2S. The van der Waals surface area contributed by atoms with Crippen molar-refractivity contribution in [1.29, 1.82) is 0 Å². The Kier molecular flexibility index (Phi) is 12.7. The molecule has 2 N–H and O–H groups in total. The molecule has 0 fully saturated rings. The predicted molar refractivity (Wildman–Crippen MR) is 252 cm³/mol. The summed E-state index contributed by atoms with van der Waals surface area (Å²) in [4.78, 5) is 33.7. The quantitative estimate of drug-likeness (QED) is 0.0765. The van der Waals surface area contributed by atoms with E-state index in [4.69, 9.17) is 29.9 Å². The Hall–Kier alpha value is -5.85. The molecule has 0 saturated carbocycles. The maximum Gasteiger partial charge on any atom is 0.308 e. The Balaban J connectivity index is 1.03. The Labute approximate surface area is 363 Å². The van der Waals surface area contributed by atoms with Gasteiger partial charge in [0.1, 0.15) is 11.3 Å². The summed E-state index contributed by atoms with van der Waals surface area (Å²) in [6.07, 6.45) is 20.1. The number of aromatic nitrogens is 8. The second-order valence-electron chi connectivity index (χ2n) is 16.6. The van der Waals surface area contributed by atoms with Crippen LogP contribution in [-0.4, -0.2) is 53.8 Å². The van der Waals surface area contributed by atoms with Gasteiger partial charge in [0.15, 0.2) is 34.6 Å². The van der Waals surface area contributed by atoms with E-state index in [1.807, 2.05) is 97.1 Å². The predicted octanol–water partition coefficient (Wildman–Crippen LogP) is 12.3. The van der Waals surface area contributed by atoms with Gasteiger partial charge in [-0.1, -0.05) is 200 Å². The molecule has 5 heterocycles. The first-order valence-electron chi connectivity index (χ1n) is 22.7. The van der Waals surface area contributed by atoms with Crippen LogP contribution in [0.3, 0.4) is 0 Å². The van der Waals surface area contributed by atoms with Crippen molar-refractivity contribution in [3.8, 4) is 45.6 Å². The lowest BCUT2D eigenvalue weighted by molar-refractivity contribution is 0.527. The van der Waals surface area contributed by atoms with Crippen LogP contribution in [0.2, 0.25) is 0 Å². The van der Waals surface area contributed by atoms with Crippen molar-refractivity contribution in [3.05, 3.63) is 97.1 Å². The highest BCUT2D eigenvalue weighted by molar-refractivity contribution is 7.88. The third-order valence-electron chi connectivity index (χ3n) is 12.1. The van der Waals surface area contributed by atoms with Crippen LogP contribution in [0.25, 0.3) is 89.7 Å². The number of H-pyrrole nitrogens is 1. The van der Waals surface area contributed by atoms with Gasteiger partial charge < -0.3 is 4.98 Å². The third-order valence-corrected chi connectivity index (χ3v) is 13.5. The smallest absolute Gasteiger partial charge is 0.308 e. The fourth-order valence-electron chi connectivity index (χ4n) is 8.83. The van der Waals surface area contributed by atoms with Crippen molar-refractivity contribution in [3.63, 3.8) is 0 Å². The largest absolute Gasteiger partial charge is 0.324 e. The second-order valence-corrected chi connectivity index (χ2v) is 18.2. The Morgan fingerprint density at radius 1 is 0.435 bits per heavy atom. The molecule has 0 amide bonds. The minimum atomic E-state index is -4.23. The molecule has 2 aliphatic heterocycles. The van der Waals surface area contributed by atoms with Gasteiger partial charge in [-0.3, -0.25) is 0 Å². The Bertz CT molecular complexity index is 2830. The number of hydrogen-bond acceptors (Lipinski definition) is 8. The molecule has 11 nitrogen and oxygen atoms in total. The van der Waals surface area contributed by atoms with Crippen molar-refractivity contribution in [1.82, 2.24) is 43.6 Å². The van der Waals surface area contributed by atoms with Crippen LogP contribution in [0.4, 0.5) is 0 Å². The average Bonchev–Trinajstić information content (AvgIpc) is 4.02. The van der Waals surface area contributed by atoms with Crippen molar-refractivity contribution >= 4 is 54.3 Å². The zero-order chi connectivity index (χ0) is 42.3. The Morgan fingerprint density at radius 3 is 1.18 bits per heavy atom. The van der Waals surface area contributed by atoms with E-state index in [-0.39, 0.29) is 11.3 Å². The Morgan fingerprint density at radius 2 is 0.774 bits per heavy atom. The van der Waals surface area contributed by atoms with Gasteiger partial charge in [0, 0.05) is 50.3 Å². The minimum Gasteiger partial charge on any atom is -0.324 e. The highest BCUT2D eigenvalue weighted by atomic mass is 32.2. The summed E-state index contributed by atoms with van der Waals surface area (Å²) in [7, 11) is -4.23. The van der Waals surface area contributed by atoms with Crippen LogP contribution in [-0.2, 0) is 10.2 Å². The molecule has 0 spiro atoms. The van der Waals surface area contributed by atoms with Crippen LogP contribution in [0.15, 0.2) is 97.1 Å². The van der Waals surface area contributed by atoms with Gasteiger partial charge in [-0.25, -0.2) is 29.9 Å². The molecule has 7 aromatic rings. The van der Waals surface area contributed by atoms with Crippen molar-refractivity contribution in [2.24, 2.45) is 0 Å². The van der Waals surface area contributed by atoms with Gasteiger partial charge in [0.2, 0.25) is 0 Å². The van der Waals surface area contributed by atoms with E-state index in [0.29, 0.717) is 51.9 Å². The SMILES string of the molecule is CCCCCCCCCCCCCCCCCCNS(=O)(=O)n1c2nc3nc(nc4[nH]c(nc5nc(nc1c1ccccc12)-c1ccccc1-5)c1ccccc41)-c1ccccc1-3. The maximum absolute atomic E-state index is 14.7. The molecule has 0 atom stereocenters. The lowest BCUT2D eigenvalue weighted by Crippen LogP contribution is -2.31. The number of fused-ring (bicyclic) bond motifs is 20. The highest BCUT2D eigenvalue weighted by Gasteiger charge is 2.27. The minimum absolute atomic E-state index is 0.203. The third kappa shape index (κ3) is 8.76. The van der Waals surface area contributed by atoms with Crippen molar-refractivity contribution < 1.29 is 8.42 Å². The van der Waals surface area contributed by atoms with Gasteiger partial charge in [-0.05, 0) is 6.42 Å². The number of unbranched alkanes of at least 4 members (excludes halogenated alkanes) is 15. The standard InChI is InChI=1S/C50H55N9O2S/c1-2-3-4-5-6-7-8-9-10-11-12-13-14-15-16-25-34-51-62(60,61)59-49-41-32-23-24-33-42(41)50(59)58-48-40-31-22-20-29-38(40)46(56-48)54-44-36-27-18-17-26-35(36)43(52-44)53-45-37-28-19-21-30-39(37)47(55-45)57-49/h17-24,26-33,51H,2-16,25,34H2,1H3,(H,52,53,54,55,56,57,58). The number of benzene rings is 4. The van der Waals surface area contributed by atoms with Gasteiger partial charge in [0.25, 0.3) is 0 Å². The van der Waals surface area contributed by atoms with E-state index in [2.05, 4.69) is 16.6 Å². The molecule has 0 aliphatic carbocycles. The lowest BCUT2D eigenvalue weighted by Gasteiger charge is -2.09. The van der Waals surface area contributed by atoms with Crippen LogP contribution < -0.4 is 4.72 Å². The maximum atomic E-state index is 14.7. The molecule has 0 saturated heterocycles. The summed E-state index contributed by atoms with van der Waals surface area (Å²) in [5.74, 6) is 1.63. The van der Waals surface area contributed by atoms with E-state index in [9.17, 15) is 8.42 Å². The van der Waals surface area contributed by atoms with Gasteiger partial charge >= 0.3 is 10.2 Å². The molecule has 9 rings (SSSR count). The van der Waals surface area contributed by atoms with Crippen molar-refractivity contribution in [2.75, 3.05) is 6.54 Å². The summed E-state index contributed by atoms with van der Waals surface area (Å²) in [6.45, 7) is 2.56.